The smallest absolute Gasteiger partial charge is 0.0211 e. The van der Waals surface area contributed by atoms with Crippen molar-refractivity contribution in [1.82, 2.24) is 5.32 Å². The Labute approximate surface area is 109 Å². The number of allylic oxidation sites excluding steroid dienone is 1. The van der Waals surface area contributed by atoms with Crippen LogP contribution in [0.15, 0.2) is 66.7 Å². The van der Waals surface area contributed by atoms with E-state index in [-0.39, 0.29) is 0 Å². The summed E-state index contributed by atoms with van der Waals surface area (Å²) in [6.07, 6.45) is 2.17. The lowest BCUT2D eigenvalue weighted by molar-refractivity contribution is 0.767. The Morgan fingerprint density at radius 2 is 1.56 bits per heavy atom. The Hall–Kier alpha value is -1.86. The van der Waals surface area contributed by atoms with Gasteiger partial charge in [-0.1, -0.05) is 66.7 Å². The molecule has 0 amide bonds. The van der Waals surface area contributed by atoms with Gasteiger partial charge in [0.1, 0.15) is 0 Å². The third-order valence-electron chi connectivity index (χ3n) is 2.98. The lowest BCUT2D eigenvalue weighted by Gasteiger charge is -2.09. The minimum Gasteiger partial charge on any atom is -0.309 e. The van der Waals surface area contributed by atoms with Crippen LogP contribution in [0.5, 0.6) is 0 Å². The first-order chi connectivity index (χ1) is 8.90. The summed E-state index contributed by atoms with van der Waals surface area (Å²) in [4.78, 5) is 0. The zero-order chi connectivity index (χ0) is 12.6. The largest absolute Gasteiger partial charge is 0.309 e. The van der Waals surface area contributed by atoms with Crippen LogP contribution in [0, 0.1) is 0 Å². The monoisotopic (exact) mass is 237 g/mol. The molecule has 0 spiro atoms. The van der Waals surface area contributed by atoms with E-state index in [0.717, 1.165) is 13.1 Å². The standard InChI is InChI=1S/C17H19N/c1-2-16(17-11-7-4-8-12-17)14-18-13-15-9-5-3-6-10-15/h2-12,18H,13-14H2,1H3/b16-2-. The van der Waals surface area contributed by atoms with Crippen molar-refractivity contribution in [2.24, 2.45) is 0 Å². The fraction of sp³-hybridized carbons (Fsp3) is 0.176. The molecule has 92 valence electrons. The van der Waals surface area contributed by atoms with Gasteiger partial charge in [0.25, 0.3) is 0 Å². The van der Waals surface area contributed by atoms with Gasteiger partial charge >= 0.3 is 0 Å². The van der Waals surface area contributed by atoms with Crippen LogP contribution in [-0.4, -0.2) is 6.54 Å². The molecule has 0 fully saturated rings. The van der Waals surface area contributed by atoms with E-state index < -0.39 is 0 Å². The molecule has 0 unspecified atom stereocenters. The molecule has 2 aromatic carbocycles. The predicted octanol–water partition coefficient (Wildman–Crippen LogP) is 3.88. The molecule has 0 aromatic heterocycles. The number of hydrogen-bond donors (Lipinski definition) is 1. The van der Waals surface area contributed by atoms with Crippen LogP contribution in [0.25, 0.3) is 5.57 Å². The normalized spacial score (nSPS) is 11.5. The van der Waals surface area contributed by atoms with Gasteiger partial charge in [-0.3, -0.25) is 0 Å². The molecule has 0 radical (unpaired) electrons. The van der Waals surface area contributed by atoms with Crippen molar-refractivity contribution in [1.29, 1.82) is 0 Å². The summed E-state index contributed by atoms with van der Waals surface area (Å²) in [5.41, 5.74) is 3.95. The maximum atomic E-state index is 3.48. The number of benzene rings is 2. The maximum Gasteiger partial charge on any atom is 0.0211 e. The highest BCUT2D eigenvalue weighted by atomic mass is 14.8. The van der Waals surface area contributed by atoms with Crippen molar-refractivity contribution in [3.8, 4) is 0 Å². The van der Waals surface area contributed by atoms with Crippen molar-refractivity contribution in [3.05, 3.63) is 77.9 Å². The summed E-state index contributed by atoms with van der Waals surface area (Å²) in [5, 5.41) is 3.48. The van der Waals surface area contributed by atoms with Crippen molar-refractivity contribution in [2.75, 3.05) is 6.54 Å². The Bertz CT molecular complexity index is 486. The van der Waals surface area contributed by atoms with Crippen LogP contribution in [0.4, 0.5) is 0 Å². The SMILES string of the molecule is C/C=C(/CNCc1ccccc1)c1ccccc1. The zero-order valence-corrected chi connectivity index (χ0v) is 10.8. The third kappa shape index (κ3) is 3.57. The van der Waals surface area contributed by atoms with E-state index in [1.54, 1.807) is 0 Å². The van der Waals surface area contributed by atoms with Crippen LogP contribution in [0.1, 0.15) is 18.1 Å². The Kier molecular flexibility index (Phi) is 4.74. The molecule has 0 aliphatic carbocycles. The second-order valence-corrected chi connectivity index (χ2v) is 4.27. The topological polar surface area (TPSA) is 12.0 Å². The van der Waals surface area contributed by atoms with E-state index in [0.29, 0.717) is 0 Å². The second-order valence-electron chi connectivity index (χ2n) is 4.27. The highest BCUT2D eigenvalue weighted by Gasteiger charge is 1.99. The molecule has 0 saturated carbocycles. The van der Waals surface area contributed by atoms with Crippen LogP contribution in [-0.2, 0) is 6.54 Å². The van der Waals surface area contributed by atoms with Gasteiger partial charge < -0.3 is 5.32 Å². The lowest BCUT2D eigenvalue weighted by Crippen LogP contribution is -2.15. The van der Waals surface area contributed by atoms with Crippen molar-refractivity contribution in [3.63, 3.8) is 0 Å². The van der Waals surface area contributed by atoms with Gasteiger partial charge in [0, 0.05) is 13.1 Å². The molecule has 0 bridgehead atoms. The highest BCUT2D eigenvalue weighted by Crippen LogP contribution is 2.12. The van der Waals surface area contributed by atoms with E-state index in [1.807, 2.05) is 12.1 Å². The molecule has 1 heteroatoms. The molecule has 0 atom stereocenters. The fourth-order valence-corrected chi connectivity index (χ4v) is 1.96. The summed E-state index contributed by atoms with van der Waals surface area (Å²) in [7, 11) is 0. The van der Waals surface area contributed by atoms with E-state index >= 15 is 0 Å². The predicted molar refractivity (Wildman–Crippen MR) is 78.2 cm³/mol. The van der Waals surface area contributed by atoms with E-state index in [2.05, 4.69) is 66.8 Å². The highest BCUT2D eigenvalue weighted by molar-refractivity contribution is 5.66. The Balaban J connectivity index is 1.90. The van der Waals surface area contributed by atoms with Gasteiger partial charge in [-0.05, 0) is 23.6 Å². The van der Waals surface area contributed by atoms with Gasteiger partial charge in [0.05, 0.1) is 0 Å². The van der Waals surface area contributed by atoms with Gasteiger partial charge in [0.2, 0.25) is 0 Å². The first-order valence-electron chi connectivity index (χ1n) is 6.35. The van der Waals surface area contributed by atoms with Crippen LogP contribution in [0.2, 0.25) is 0 Å². The van der Waals surface area contributed by atoms with Gasteiger partial charge in [0.15, 0.2) is 0 Å². The lowest BCUT2D eigenvalue weighted by atomic mass is 10.1. The van der Waals surface area contributed by atoms with Crippen molar-refractivity contribution >= 4 is 5.57 Å². The molecule has 1 nitrogen and oxygen atoms in total. The molecule has 1 N–H and O–H groups in total. The summed E-state index contributed by atoms with van der Waals surface area (Å²) < 4.78 is 0. The second kappa shape index (κ2) is 6.77. The minimum absolute atomic E-state index is 0.898. The number of nitrogens with one attached hydrogen (secondary N) is 1. The molecule has 0 aliphatic rings. The summed E-state index contributed by atoms with van der Waals surface area (Å²) in [5.74, 6) is 0. The molecule has 18 heavy (non-hydrogen) atoms. The van der Waals surface area contributed by atoms with Gasteiger partial charge in [-0.2, -0.15) is 0 Å². The summed E-state index contributed by atoms with van der Waals surface area (Å²) >= 11 is 0. The maximum absolute atomic E-state index is 3.48. The molecular formula is C17H19N. The first-order valence-corrected chi connectivity index (χ1v) is 6.35. The molecule has 2 rings (SSSR count). The van der Waals surface area contributed by atoms with Crippen LogP contribution < -0.4 is 5.32 Å². The number of rotatable bonds is 5. The molecular weight excluding hydrogens is 218 g/mol. The van der Waals surface area contributed by atoms with E-state index in [1.165, 1.54) is 16.7 Å². The average molecular weight is 237 g/mol. The van der Waals surface area contributed by atoms with Crippen molar-refractivity contribution < 1.29 is 0 Å². The molecule has 2 aromatic rings. The molecule has 0 heterocycles. The molecule has 0 saturated heterocycles. The van der Waals surface area contributed by atoms with E-state index in [9.17, 15) is 0 Å². The Morgan fingerprint density at radius 1 is 0.944 bits per heavy atom. The number of hydrogen-bond acceptors (Lipinski definition) is 1. The summed E-state index contributed by atoms with van der Waals surface area (Å²) in [6.45, 7) is 3.90. The van der Waals surface area contributed by atoms with E-state index in [4.69, 9.17) is 0 Å². The van der Waals surface area contributed by atoms with Gasteiger partial charge in [-0.15, -0.1) is 0 Å². The van der Waals surface area contributed by atoms with Crippen LogP contribution in [0.3, 0.4) is 0 Å². The molecule has 0 aliphatic heterocycles. The minimum atomic E-state index is 0.898. The Morgan fingerprint density at radius 3 is 2.17 bits per heavy atom. The third-order valence-corrected chi connectivity index (χ3v) is 2.98. The van der Waals surface area contributed by atoms with Gasteiger partial charge in [-0.25, -0.2) is 0 Å². The first kappa shape index (κ1) is 12.6. The summed E-state index contributed by atoms with van der Waals surface area (Å²) in [6, 6.07) is 21.0. The fourth-order valence-electron chi connectivity index (χ4n) is 1.96. The quantitative estimate of drug-likeness (QED) is 0.832. The van der Waals surface area contributed by atoms with Crippen LogP contribution >= 0.6 is 0 Å². The van der Waals surface area contributed by atoms with Crippen molar-refractivity contribution in [2.45, 2.75) is 13.5 Å². The zero-order valence-electron chi connectivity index (χ0n) is 10.8. The average Bonchev–Trinajstić information content (AvgIpc) is 2.46.